The molecule has 1 atom stereocenters. The third-order valence-corrected chi connectivity index (χ3v) is 3.84. The van der Waals surface area contributed by atoms with Gasteiger partial charge in [-0.05, 0) is 19.1 Å². The van der Waals surface area contributed by atoms with E-state index in [1.54, 1.807) is 11.9 Å². The van der Waals surface area contributed by atoms with Gasteiger partial charge in [0.25, 0.3) is 0 Å². The molecule has 9 nitrogen and oxygen atoms in total. The molecule has 118 valence electrons. The van der Waals surface area contributed by atoms with Crippen molar-refractivity contribution in [3.05, 3.63) is 22.8 Å². The Bertz CT molecular complexity index is 658. The van der Waals surface area contributed by atoms with Crippen LogP contribution < -0.4 is 0 Å². The number of rotatable bonds is 3. The third-order valence-electron chi connectivity index (χ3n) is 3.84. The number of carbonyl (C=O) groups excluding carboxylic acids is 1. The van der Waals surface area contributed by atoms with Crippen LogP contribution in [0.4, 0.5) is 0 Å². The standard InChI is InChI=1S/C13H19N7O2/c1-8-10(9(2)15-14-8)6-12(21)20-4-5-22-11(7-20)13-16-18-19(3)17-13/h11H,4-7H2,1-3H3,(H,14,15). The highest BCUT2D eigenvalue weighted by atomic mass is 16.5. The highest BCUT2D eigenvalue weighted by molar-refractivity contribution is 5.79. The van der Waals surface area contributed by atoms with Gasteiger partial charge in [0.2, 0.25) is 11.7 Å². The molecule has 3 heterocycles. The lowest BCUT2D eigenvalue weighted by molar-refractivity contribution is -0.138. The Hall–Kier alpha value is -2.29. The van der Waals surface area contributed by atoms with Crippen LogP contribution in [0.5, 0.6) is 0 Å². The van der Waals surface area contributed by atoms with E-state index in [0.717, 1.165) is 17.0 Å². The van der Waals surface area contributed by atoms with Gasteiger partial charge in [0.15, 0.2) is 0 Å². The van der Waals surface area contributed by atoms with Crippen molar-refractivity contribution in [2.24, 2.45) is 7.05 Å². The maximum Gasteiger partial charge on any atom is 0.227 e. The third kappa shape index (κ3) is 2.84. The minimum absolute atomic E-state index is 0.0600. The molecule has 1 unspecified atom stereocenters. The lowest BCUT2D eigenvalue weighted by atomic mass is 10.1. The van der Waals surface area contributed by atoms with Crippen LogP contribution >= 0.6 is 0 Å². The Morgan fingerprint density at radius 1 is 1.45 bits per heavy atom. The van der Waals surface area contributed by atoms with Gasteiger partial charge in [0.05, 0.1) is 32.3 Å². The zero-order chi connectivity index (χ0) is 15.7. The fourth-order valence-electron chi connectivity index (χ4n) is 2.56. The van der Waals surface area contributed by atoms with Crippen LogP contribution in [0.1, 0.15) is 28.9 Å². The average Bonchev–Trinajstić information content (AvgIpc) is 3.08. The van der Waals surface area contributed by atoms with Gasteiger partial charge in [0, 0.05) is 17.8 Å². The molecule has 1 amide bonds. The largest absolute Gasteiger partial charge is 0.366 e. The smallest absolute Gasteiger partial charge is 0.227 e. The quantitative estimate of drug-likeness (QED) is 0.835. The molecule has 0 aliphatic carbocycles. The van der Waals surface area contributed by atoms with Crippen LogP contribution in [0.2, 0.25) is 0 Å². The molecular weight excluding hydrogens is 286 g/mol. The van der Waals surface area contributed by atoms with E-state index in [9.17, 15) is 4.79 Å². The number of H-pyrrole nitrogens is 1. The summed E-state index contributed by atoms with van der Waals surface area (Å²) in [5.74, 6) is 0.570. The number of hydrogen-bond acceptors (Lipinski definition) is 6. The molecular formula is C13H19N7O2. The van der Waals surface area contributed by atoms with Gasteiger partial charge in [-0.15, -0.1) is 10.2 Å². The zero-order valence-corrected chi connectivity index (χ0v) is 12.9. The number of amides is 1. The van der Waals surface area contributed by atoms with Crippen molar-refractivity contribution in [2.45, 2.75) is 26.4 Å². The molecule has 1 saturated heterocycles. The first-order valence-corrected chi connectivity index (χ1v) is 7.18. The van der Waals surface area contributed by atoms with Crippen LogP contribution in [0, 0.1) is 13.8 Å². The zero-order valence-electron chi connectivity index (χ0n) is 12.9. The van der Waals surface area contributed by atoms with E-state index in [2.05, 4.69) is 25.6 Å². The van der Waals surface area contributed by atoms with Crippen LogP contribution in [0.15, 0.2) is 0 Å². The van der Waals surface area contributed by atoms with Gasteiger partial charge in [-0.25, -0.2) is 0 Å². The summed E-state index contributed by atoms with van der Waals surface area (Å²) in [6.45, 7) is 5.32. The molecule has 0 saturated carbocycles. The maximum atomic E-state index is 12.5. The van der Waals surface area contributed by atoms with Gasteiger partial charge in [-0.2, -0.15) is 9.90 Å². The Labute approximate surface area is 127 Å². The molecule has 0 spiro atoms. The molecule has 3 rings (SSSR count). The number of ether oxygens (including phenoxy) is 1. The first-order valence-electron chi connectivity index (χ1n) is 7.18. The Morgan fingerprint density at radius 2 is 2.27 bits per heavy atom. The van der Waals surface area contributed by atoms with E-state index in [0.29, 0.717) is 31.9 Å². The van der Waals surface area contributed by atoms with Gasteiger partial charge in [-0.1, -0.05) is 0 Å². The van der Waals surface area contributed by atoms with E-state index in [4.69, 9.17) is 4.74 Å². The minimum Gasteiger partial charge on any atom is -0.366 e. The first-order chi connectivity index (χ1) is 10.5. The number of carbonyl (C=O) groups is 1. The number of nitrogens with one attached hydrogen (secondary N) is 1. The highest BCUT2D eigenvalue weighted by Crippen LogP contribution is 2.20. The fraction of sp³-hybridized carbons (Fsp3) is 0.615. The van der Waals surface area contributed by atoms with Crippen molar-refractivity contribution >= 4 is 5.91 Å². The van der Waals surface area contributed by atoms with Crippen LogP contribution in [-0.4, -0.2) is 60.9 Å². The fourth-order valence-corrected chi connectivity index (χ4v) is 2.56. The number of morpholine rings is 1. The topological polar surface area (TPSA) is 102 Å². The number of tetrazole rings is 1. The van der Waals surface area contributed by atoms with E-state index >= 15 is 0 Å². The molecule has 1 fully saturated rings. The number of aromatic amines is 1. The second kappa shape index (κ2) is 5.84. The second-order valence-electron chi connectivity index (χ2n) is 5.43. The molecule has 0 radical (unpaired) electrons. The summed E-state index contributed by atoms with van der Waals surface area (Å²) >= 11 is 0. The first kappa shape index (κ1) is 14.6. The monoisotopic (exact) mass is 305 g/mol. The van der Waals surface area contributed by atoms with Crippen molar-refractivity contribution in [2.75, 3.05) is 19.7 Å². The van der Waals surface area contributed by atoms with E-state index < -0.39 is 0 Å². The molecule has 1 aliphatic rings. The molecule has 22 heavy (non-hydrogen) atoms. The van der Waals surface area contributed by atoms with Crippen LogP contribution in [0.25, 0.3) is 0 Å². The normalized spacial score (nSPS) is 18.7. The summed E-state index contributed by atoms with van der Waals surface area (Å²) in [6.07, 6.45) is 0.0207. The van der Waals surface area contributed by atoms with Gasteiger partial charge < -0.3 is 9.64 Å². The SMILES string of the molecule is Cc1n[nH]c(C)c1CC(=O)N1CCOC(c2nnn(C)n2)C1. The molecule has 2 aromatic rings. The summed E-state index contributed by atoms with van der Waals surface area (Å²) in [5, 5.41) is 18.9. The Balaban J connectivity index is 1.68. The van der Waals surface area contributed by atoms with Gasteiger partial charge >= 0.3 is 0 Å². The summed E-state index contributed by atoms with van der Waals surface area (Å²) in [4.78, 5) is 15.7. The molecule has 1 N–H and O–H groups in total. The maximum absolute atomic E-state index is 12.5. The minimum atomic E-state index is -0.321. The molecule has 0 bridgehead atoms. The van der Waals surface area contributed by atoms with Crippen LogP contribution in [-0.2, 0) is 23.0 Å². The lowest BCUT2D eigenvalue weighted by Gasteiger charge is -2.31. The van der Waals surface area contributed by atoms with Gasteiger partial charge in [0.1, 0.15) is 6.10 Å². The second-order valence-corrected chi connectivity index (χ2v) is 5.43. The van der Waals surface area contributed by atoms with Crippen LogP contribution in [0.3, 0.4) is 0 Å². The highest BCUT2D eigenvalue weighted by Gasteiger charge is 2.28. The summed E-state index contributed by atoms with van der Waals surface area (Å²) in [5.41, 5.74) is 2.77. The predicted octanol–water partition coefficient (Wildman–Crippen LogP) is -0.307. The predicted molar refractivity (Wildman–Crippen MR) is 75.8 cm³/mol. The number of nitrogens with zero attached hydrogens (tertiary/aromatic N) is 6. The molecule has 2 aromatic heterocycles. The van der Waals surface area contributed by atoms with E-state index in [1.807, 2.05) is 13.8 Å². The van der Waals surface area contributed by atoms with Gasteiger partial charge in [-0.3, -0.25) is 9.89 Å². The summed E-state index contributed by atoms with van der Waals surface area (Å²) < 4.78 is 5.65. The molecule has 1 aliphatic heterocycles. The van der Waals surface area contributed by atoms with Crippen molar-refractivity contribution in [1.82, 2.24) is 35.3 Å². The Kier molecular flexibility index (Phi) is 3.88. The average molecular weight is 305 g/mol. The summed E-state index contributed by atoms with van der Waals surface area (Å²) in [7, 11) is 1.70. The van der Waals surface area contributed by atoms with E-state index in [-0.39, 0.29) is 12.0 Å². The van der Waals surface area contributed by atoms with Crippen molar-refractivity contribution in [3.63, 3.8) is 0 Å². The molecule has 0 aromatic carbocycles. The van der Waals surface area contributed by atoms with Crippen molar-refractivity contribution < 1.29 is 9.53 Å². The lowest BCUT2D eigenvalue weighted by Crippen LogP contribution is -2.43. The Morgan fingerprint density at radius 3 is 2.91 bits per heavy atom. The van der Waals surface area contributed by atoms with Crippen molar-refractivity contribution in [3.8, 4) is 0 Å². The molecule has 9 heteroatoms. The summed E-state index contributed by atoms with van der Waals surface area (Å²) in [6, 6.07) is 0. The van der Waals surface area contributed by atoms with E-state index in [1.165, 1.54) is 4.80 Å². The number of hydrogen-bond donors (Lipinski definition) is 1. The number of aromatic nitrogens is 6. The number of aryl methyl sites for hydroxylation is 3. The van der Waals surface area contributed by atoms with Crippen molar-refractivity contribution in [1.29, 1.82) is 0 Å².